The van der Waals surface area contributed by atoms with Gasteiger partial charge in [0.05, 0.1) is 5.52 Å². The number of hydrogen-bond donors (Lipinski definition) is 1. The number of likely N-dealkylation sites (tertiary alicyclic amines) is 1. The molecule has 1 aliphatic heterocycles. The van der Waals surface area contributed by atoms with Crippen LogP contribution in [0, 0.1) is 19.3 Å². The third kappa shape index (κ3) is 6.12. The predicted octanol–water partition coefficient (Wildman–Crippen LogP) is 5.66. The first-order valence-corrected chi connectivity index (χ1v) is 16.6. The third-order valence-corrected chi connectivity index (χ3v) is 9.99. The maximum absolute atomic E-state index is 14.2. The molecule has 7 rings (SSSR count). The molecule has 2 fully saturated rings. The number of aryl methyl sites for hydroxylation is 2. The molecule has 48 heavy (non-hydrogen) atoms. The van der Waals surface area contributed by atoms with Crippen LogP contribution >= 0.6 is 0 Å². The molecule has 3 heterocycles. The van der Waals surface area contributed by atoms with Crippen LogP contribution in [0.15, 0.2) is 85.2 Å². The number of hydrogen-bond acceptors (Lipinski definition) is 6. The molecular formula is C39H40N6O3. The number of fused-ring (bicyclic) bond motifs is 2. The summed E-state index contributed by atoms with van der Waals surface area (Å²) in [5, 5.41) is 8.68. The summed E-state index contributed by atoms with van der Waals surface area (Å²) in [7, 11) is 0. The molecule has 1 aliphatic carbocycles. The Morgan fingerprint density at radius 3 is 2.12 bits per heavy atom. The zero-order chi connectivity index (χ0) is 33.6. The number of carbonyl (C=O) groups is 3. The molecule has 9 heteroatoms. The van der Waals surface area contributed by atoms with E-state index >= 15 is 0 Å². The fourth-order valence-corrected chi connectivity index (χ4v) is 7.45. The van der Waals surface area contributed by atoms with Crippen LogP contribution in [-0.4, -0.2) is 60.4 Å². The van der Waals surface area contributed by atoms with Crippen molar-refractivity contribution in [2.75, 3.05) is 0 Å². The van der Waals surface area contributed by atoms with E-state index in [0.717, 1.165) is 39.8 Å². The quantitative estimate of drug-likeness (QED) is 0.197. The van der Waals surface area contributed by atoms with Gasteiger partial charge in [0.2, 0.25) is 11.8 Å². The van der Waals surface area contributed by atoms with E-state index in [1.54, 1.807) is 22.0 Å². The lowest BCUT2D eigenvalue weighted by Crippen LogP contribution is -2.52. The summed E-state index contributed by atoms with van der Waals surface area (Å²) in [5.41, 5.74) is 5.85. The largest absolute Gasteiger partial charge is 0.351 e. The Kier molecular flexibility index (Phi) is 8.15. The fourth-order valence-electron chi connectivity index (χ4n) is 7.45. The maximum Gasteiger partial charge on any atom is 0.245 e. The summed E-state index contributed by atoms with van der Waals surface area (Å²) >= 11 is 0. The van der Waals surface area contributed by atoms with Crippen molar-refractivity contribution in [3.63, 3.8) is 0 Å². The summed E-state index contributed by atoms with van der Waals surface area (Å²) in [6, 6.07) is 23.6. The minimum Gasteiger partial charge on any atom is -0.351 e. The zero-order valence-corrected chi connectivity index (χ0v) is 27.8. The number of ketones is 1. The number of nitrogens with zero attached hydrogens (tertiary/aromatic N) is 5. The molecule has 0 unspecified atom stereocenters. The first-order valence-electron chi connectivity index (χ1n) is 16.6. The molecule has 1 saturated heterocycles. The highest BCUT2D eigenvalue weighted by Gasteiger charge is 2.64. The van der Waals surface area contributed by atoms with Gasteiger partial charge in [-0.15, -0.1) is 0 Å². The van der Waals surface area contributed by atoms with Gasteiger partial charge in [-0.3, -0.25) is 19.1 Å². The first-order chi connectivity index (χ1) is 23.1. The number of benzene rings is 3. The Balaban J connectivity index is 1.15. The highest BCUT2D eigenvalue weighted by atomic mass is 16.2. The molecule has 3 aromatic carbocycles. The Bertz CT molecular complexity index is 1970. The molecule has 2 amide bonds. The molecule has 244 valence electrons. The van der Waals surface area contributed by atoms with E-state index in [9.17, 15) is 14.4 Å². The second kappa shape index (κ2) is 12.4. The molecule has 0 bridgehead atoms. The van der Waals surface area contributed by atoms with Crippen LogP contribution < -0.4 is 5.32 Å². The topological polar surface area (TPSA) is 110 Å². The monoisotopic (exact) mass is 640 g/mol. The molecule has 1 N–H and O–H groups in total. The second-order valence-corrected chi connectivity index (χ2v) is 13.8. The third-order valence-electron chi connectivity index (χ3n) is 9.99. The van der Waals surface area contributed by atoms with E-state index in [1.165, 1.54) is 6.92 Å². The minimum absolute atomic E-state index is 0.00536. The second-order valence-electron chi connectivity index (χ2n) is 13.8. The average Bonchev–Trinajstić information content (AvgIpc) is 3.42. The van der Waals surface area contributed by atoms with Crippen molar-refractivity contribution in [1.29, 1.82) is 0 Å². The lowest BCUT2D eigenvalue weighted by molar-refractivity contribution is -0.140. The van der Waals surface area contributed by atoms with Crippen LogP contribution in [0.5, 0.6) is 0 Å². The summed E-state index contributed by atoms with van der Waals surface area (Å²) in [6.45, 7) is 7.37. The predicted molar refractivity (Wildman–Crippen MR) is 184 cm³/mol. The van der Waals surface area contributed by atoms with E-state index in [0.29, 0.717) is 36.2 Å². The molecule has 2 aromatic heterocycles. The Morgan fingerprint density at radius 1 is 0.896 bits per heavy atom. The van der Waals surface area contributed by atoms with Crippen LogP contribution in [0.25, 0.3) is 22.0 Å². The van der Waals surface area contributed by atoms with Crippen molar-refractivity contribution in [1.82, 2.24) is 30.0 Å². The summed E-state index contributed by atoms with van der Waals surface area (Å²) in [5.74, 6) is 0.207. The van der Waals surface area contributed by atoms with Crippen LogP contribution in [-0.2, 0) is 29.0 Å². The van der Waals surface area contributed by atoms with Gasteiger partial charge in [-0.1, -0.05) is 67.6 Å². The number of piperidine rings is 1. The highest BCUT2D eigenvalue weighted by Crippen LogP contribution is 2.59. The van der Waals surface area contributed by atoms with Crippen LogP contribution in [0.4, 0.5) is 0 Å². The summed E-state index contributed by atoms with van der Waals surface area (Å²) < 4.78 is 1.64. The van der Waals surface area contributed by atoms with Crippen molar-refractivity contribution >= 4 is 28.5 Å². The number of amides is 2. The zero-order valence-electron chi connectivity index (χ0n) is 27.8. The average molecular weight is 641 g/mol. The van der Waals surface area contributed by atoms with Gasteiger partial charge >= 0.3 is 0 Å². The number of aromatic nitrogens is 4. The normalized spacial score (nSPS) is 19.8. The lowest BCUT2D eigenvalue weighted by atomic mass is 9.97. The van der Waals surface area contributed by atoms with Gasteiger partial charge in [-0.25, -0.2) is 9.97 Å². The number of carbonyl (C=O) groups excluding carboxylic acids is 3. The van der Waals surface area contributed by atoms with Gasteiger partial charge < -0.3 is 10.2 Å². The van der Waals surface area contributed by atoms with Gasteiger partial charge in [0.15, 0.2) is 5.78 Å². The Morgan fingerprint density at radius 2 is 1.52 bits per heavy atom. The van der Waals surface area contributed by atoms with Gasteiger partial charge in [0.25, 0.3) is 0 Å². The molecule has 9 nitrogen and oxygen atoms in total. The molecular weight excluding hydrogens is 600 g/mol. The van der Waals surface area contributed by atoms with Crippen LogP contribution in [0.3, 0.4) is 0 Å². The molecule has 2 aliphatic rings. The van der Waals surface area contributed by atoms with Crippen LogP contribution in [0.2, 0.25) is 0 Å². The maximum atomic E-state index is 14.2. The van der Waals surface area contributed by atoms with E-state index in [-0.39, 0.29) is 41.6 Å². The smallest absolute Gasteiger partial charge is 0.245 e. The van der Waals surface area contributed by atoms with E-state index in [4.69, 9.17) is 0 Å². The number of rotatable bonds is 10. The SMILES string of the molecule is CC(=O)c1nn(CC(=O)N2[C@H](C(=O)NC(Cc3ccccc3)Cc3ccccc3)C[C@@]3(C)C[C@@H]23)c2c(C)cc(-c3cnc(C)nc3)cc12. The van der Waals surface area contributed by atoms with Crippen molar-refractivity contribution in [2.24, 2.45) is 5.41 Å². The van der Waals surface area contributed by atoms with E-state index in [1.807, 2.05) is 62.4 Å². The molecule has 5 aromatic rings. The van der Waals surface area contributed by atoms with Gasteiger partial charge in [0.1, 0.15) is 24.1 Å². The van der Waals surface area contributed by atoms with Gasteiger partial charge in [-0.05, 0) is 79.3 Å². The van der Waals surface area contributed by atoms with E-state index < -0.39 is 6.04 Å². The molecule has 0 spiro atoms. The van der Waals surface area contributed by atoms with Crippen LogP contribution in [0.1, 0.15) is 59.7 Å². The standard InChI is InChI=1S/C39H40N6O3/c1-24-15-29(30-21-40-26(3)41-22-30)18-32-36(25(2)46)43-44(37(24)32)23-35(47)45-33(19-39(4)20-34(39)45)38(48)42-31(16-27-11-7-5-8-12-27)17-28-13-9-6-10-14-28/h5-15,18,21-22,31,33-34H,16-17,19-20,23H2,1-4H3,(H,42,48)/t33-,34+,39-/m0/s1. The Labute approximate surface area is 280 Å². The molecule has 1 saturated carbocycles. The lowest BCUT2D eigenvalue weighted by Gasteiger charge is -2.29. The van der Waals surface area contributed by atoms with Crippen molar-refractivity contribution < 1.29 is 14.4 Å². The van der Waals surface area contributed by atoms with Crippen molar-refractivity contribution in [3.05, 3.63) is 113 Å². The fraction of sp³-hybridized carbons (Fsp3) is 0.333. The molecule has 0 radical (unpaired) electrons. The first kappa shape index (κ1) is 31.4. The van der Waals surface area contributed by atoms with Gasteiger partial charge in [0, 0.05) is 42.4 Å². The van der Waals surface area contributed by atoms with Gasteiger partial charge in [-0.2, -0.15) is 5.10 Å². The van der Waals surface area contributed by atoms with Crippen molar-refractivity contribution in [2.45, 2.75) is 78.0 Å². The highest BCUT2D eigenvalue weighted by molar-refractivity contribution is 6.07. The summed E-state index contributed by atoms with van der Waals surface area (Å²) in [6.07, 6.45) is 6.40. The Hall–Kier alpha value is -5.18. The number of nitrogens with one attached hydrogen (secondary N) is 1. The number of Topliss-reactive ketones (excluding diaryl/α,β-unsaturated/α-hetero) is 1. The van der Waals surface area contributed by atoms with E-state index in [2.05, 4.69) is 51.6 Å². The minimum atomic E-state index is -0.571. The summed E-state index contributed by atoms with van der Waals surface area (Å²) in [4.78, 5) is 51.5. The van der Waals surface area contributed by atoms with Crippen molar-refractivity contribution in [3.8, 4) is 11.1 Å². The molecule has 3 atom stereocenters.